The lowest BCUT2D eigenvalue weighted by Crippen LogP contribution is -2.30. The highest BCUT2D eigenvalue weighted by Gasteiger charge is 2.19. The number of hydrogen-bond acceptors (Lipinski definition) is 7. The Labute approximate surface area is 173 Å². The van der Waals surface area contributed by atoms with E-state index in [9.17, 15) is 9.59 Å². The molecule has 8 heteroatoms. The zero-order chi connectivity index (χ0) is 20.6. The van der Waals surface area contributed by atoms with E-state index in [0.29, 0.717) is 37.0 Å². The minimum Gasteiger partial charge on any atom is -0.494 e. The van der Waals surface area contributed by atoms with Gasteiger partial charge in [-0.3, -0.25) is 9.59 Å². The topological polar surface area (TPSA) is 83.1 Å². The van der Waals surface area contributed by atoms with Crippen LogP contribution in [0.2, 0.25) is 0 Å². The van der Waals surface area contributed by atoms with Gasteiger partial charge in [-0.25, -0.2) is 0 Å². The predicted molar refractivity (Wildman–Crippen MR) is 110 cm³/mol. The minimum absolute atomic E-state index is 0.0836. The summed E-state index contributed by atoms with van der Waals surface area (Å²) < 4.78 is 21.6. The first-order chi connectivity index (χ1) is 14.0. The first-order valence-corrected chi connectivity index (χ1v) is 10.3. The molecule has 0 bridgehead atoms. The molecule has 1 amide bonds. The Morgan fingerprint density at radius 1 is 1.10 bits per heavy atom. The maximum atomic E-state index is 12.2. The van der Waals surface area contributed by atoms with Crippen LogP contribution in [0.25, 0.3) is 0 Å². The first kappa shape index (κ1) is 20.9. The Morgan fingerprint density at radius 2 is 1.83 bits per heavy atom. The lowest BCUT2D eigenvalue weighted by molar-refractivity contribution is -0.150. The van der Waals surface area contributed by atoms with Gasteiger partial charge in [0.2, 0.25) is 0 Å². The van der Waals surface area contributed by atoms with E-state index in [2.05, 4.69) is 5.32 Å². The number of anilines is 1. The molecule has 1 N–H and O–H groups in total. The number of ether oxygens (including phenoxy) is 4. The molecular formula is C21H23NO6S. The van der Waals surface area contributed by atoms with E-state index < -0.39 is 18.0 Å². The molecule has 154 valence electrons. The van der Waals surface area contributed by atoms with Gasteiger partial charge in [0.1, 0.15) is 19.0 Å². The third-order valence-corrected chi connectivity index (χ3v) is 4.95. The SMILES string of the molecule is CCOc1ccc(NC(=O)[C@H](C)OC(=O)CSc2ccc3c(c2)OCCO3)cc1. The smallest absolute Gasteiger partial charge is 0.317 e. The number of rotatable bonds is 8. The van der Waals surface area contributed by atoms with Gasteiger partial charge in [-0.05, 0) is 56.3 Å². The summed E-state index contributed by atoms with van der Waals surface area (Å²) in [6.45, 7) is 5.05. The molecule has 0 saturated carbocycles. The van der Waals surface area contributed by atoms with Crippen LogP contribution in [0.15, 0.2) is 47.4 Å². The Morgan fingerprint density at radius 3 is 2.55 bits per heavy atom. The third kappa shape index (κ3) is 6.05. The van der Waals surface area contributed by atoms with Crippen molar-refractivity contribution in [2.24, 2.45) is 0 Å². The molecule has 0 aliphatic carbocycles. The summed E-state index contributed by atoms with van der Waals surface area (Å²) in [6, 6.07) is 12.5. The number of thioether (sulfide) groups is 1. The minimum atomic E-state index is -0.907. The fourth-order valence-electron chi connectivity index (χ4n) is 2.59. The number of carbonyl (C=O) groups excluding carboxylic acids is 2. The van der Waals surface area contributed by atoms with Crippen LogP contribution < -0.4 is 19.5 Å². The zero-order valence-electron chi connectivity index (χ0n) is 16.3. The van der Waals surface area contributed by atoms with E-state index in [0.717, 1.165) is 10.6 Å². The second-order valence-electron chi connectivity index (χ2n) is 6.17. The van der Waals surface area contributed by atoms with Crippen molar-refractivity contribution in [2.45, 2.75) is 24.8 Å². The molecule has 0 fully saturated rings. The van der Waals surface area contributed by atoms with Crippen LogP contribution in [-0.2, 0) is 14.3 Å². The Kier molecular flexibility index (Phi) is 7.24. The van der Waals surface area contributed by atoms with Gasteiger partial charge in [0.25, 0.3) is 5.91 Å². The Bertz CT molecular complexity index is 855. The Balaban J connectivity index is 1.45. The van der Waals surface area contributed by atoms with Gasteiger partial charge in [-0.2, -0.15) is 0 Å². The van der Waals surface area contributed by atoms with Gasteiger partial charge in [0.15, 0.2) is 17.6 Å². The second kappa shape index (κ2) is 10.1. The fraction of sp³-hybridized carbons (Fsp3) is 0.333. The largest absolute Gasteiger partial charge is 0.494 e. The molecule has 2 aromatic carbocycles. The number of carbonyl (C=O) groups is 2. The van der Waals surface area contributed by atoms with Crippen LogP contribution in [0.5, 0.6) is 17.2 Å². The summed E-state index contributed by atoms with van der Waals surface area (Å²) >= 11 is 1.31. The van der Waals surface area contributed by atoms with Crippen molar-refractivity contribution < 1.29 is 28.5 Å². The van der Waals surface area contributed by atoms with Gasteiger partial charge < -0.3 is 24.3 Å². The van der Waals surface area contributed by atoms with Crippen LogP contribution in [0.3, 0.4) is 0 Å². The Hall–Kier alpha value is -2.87. The molecule has 1 heterocycles. The number of nitrogens with one attached hydrogen (secondary N) is 1. The van der Waals surface area contributed by atoms with Crippen LogP contribution in [0.1, 0.15) is 13.8 Å². The van der Waals surface area contributed by atoms with E-state index in [1.807, 2.05) is 25.1 Å². The number of hydrogen-bond donors (Lipinski definition) is 1. The van der Waals surface area contributed by atoms with Crippen LogP contribution in [0.4, 0.5) is 5.69 Å². The van der Waals surface area contributed by atoms with Crippen LogP contribution >= 0.6 is 11.8 Å². The maximum absolute atomic E-state index is 12.2. The number of benzene rings is 2. The van der Waals surface area contributed by atoms with E-state index in [1.165, 1.54) is 18.7 Å². The standard InChI is InChI=1S/C21H23NO6S/c1-3-25-16-6-4-15(5-7-16)22-21(24)14(2)28-20(23)13-29-17-8-9-18-19(12-17)27-11-10-26-18/h4-9,12,14H,3,10-11,13H2,1-2H3,(H,22,24)/t14-/m0/s1. The quantitative estimate of drug-likeness (QED) is 0.520. The first-order valence-electron chi connectivity index (χ1n) is 9.31. The fourth-order valence-corrected chi connectivity index (χ4v) is 3.29. The van der Waals surface area contributed by atoms with Gasteiger partial charge in [0, 0.05) is 10.6 Å². The maximum Gasteiger partial charge on any atom is 0.317 e. The lowest BCUT2D eigenvalue weighted by Gasteiger charge is -2.18. The van der Waals surface area contributed by atoms with Crippen molar-refractivity contribution in [1.29, 1.82) is 0 Å². The molecular weight excluding hydrogens is 394 g/mol. The summed E-state index contributed by atoms with van der Waals surface area (Å²) in [5, 5.41) is 2.72. The summed E-state index contributed by atoms with van der Waals surface area (Å²) in [4.78, 5) is 25.2. The molecule has 3 rings (SSSR count). The monoisotopic (exact) mass is 417 g/mol. The van der Waals surface area contributed by atoms with Crippen molar-refractivity contribution in [3.63, 3.8) is 0 Å². The summed E-state index contributed by atoms with van der Waals surface area (Å²) in [5.41, 5.74) is 0.604. The third-order valence-electron chi connectivity index (χ3n) is 3.98. The predicted octanol–water partition coefficient (Wildman–Crippen LogP) is 3.52. The van der Waals surface area contributed by atoms with E-state index in [1.54, 1.807) is 24.3 Å². The highest BCUT2D eigenvalue weighted by atomic mass is 32.2. The molecule has 0 unspecified atom stereocenters. The number of amides is 1. The lowest BCUT2D eigenvalue weighted by atomic mass is 10.3. The molecule has 1 aliphatic rings. The average Bonchev–Trinajstić information content (AvgIpc) is 2.73. The zero-order valence-corrected chi connectivity index (χ0v) is 17.1. The van der Waals surface area contributed by atoms with Crippen molar-refractivity contribution in [3.05, 3.63) is 42.5 Å². The van der Waals surface area contributed by atoms with Crippen LogP contribution in [-0.4, -0.2) is 43.6 Å². The second-order valence-corrected chi connectivity index (χ2v) is 7.22. The van der Waals surface area contributed by atoms with Crippen molar-refractivity contribution >= 4 is 29.3 Å². The van der Waals surface area contributed by atoms with Gasteiger partial charge in [-0.1, -0.05) is 0 Å². The highest BCUT2D eigenvalue weighted by Crippen LogP contribution is 2.34. The van der Waals surface area contributed by atoms with E-state index in [4.69, 9.17) is 18.9 Å². The van der Waals surface area contributed by atoms with Crippen molar-refractivity contribution in [1.82, 2.24) is 0 Å². The molecule has 0 aromatic heterocycles. The van der Waals surface area contributed by atoms with Gasteiger partial charge >= 0.3 is 5.97 Å². The normalized spacial score (nSPS) is 13.3. The van der Waals surface area contributed by atoms with Crippen LogP contribution in [0, 0.1) is 0 Å². The molecule has 2 aromatic rings. The molecule has 29 heavy (non-hydrogen) atoms. The summed E-state index contributed by atoms with van der Waals surface area (Å²) in [7, 11) is 0. The number of fused-ring (bicyclic) bond motifs is 1. The van der Waals surface area contributed by atoms with Gasteiger partial charge in [0.05, 0.1) is 12.4 Å². The van der Waals surface area contributed by atoms with Gasteiger partial charge in [-0.15, -0.1) is 11.8 Å². The molecule has 0 saturated heterocycles. The molecule has 7 nitrogen and oxygen atoms in total. The van der Waals surface area contributed by atoms with Crippen molar-refractivity contribution in [2.75, 3.05) is 30.9 Å². The molecule has 0 spiro atoms. The summed E-state index contributed by atoms with van der Waals surface area (Å²) in [5.74, 6) is 1.30. The average molecular weight is 417 g/mol. The number of esters is 1. The highest BCUT2D eigenvalue weighted by molar-refractivity contribution is 8.00. The van der Waals surface area contributed by atoms with Crippen molar-refractivity contribution in [3.8, 4) is 17.2 Å². The van der Waals surface area contributed by atoms with E-state index in [-0.39, 0.29) is 5.75 Å². The molecule has 1 atom stereocenters. The summed E-state index contributed by atoms with van der Waals surface area (Å²) in [6.07, 6.45) is -0.907. The molecule has 0 radical (unpaired) electrons. The van der Waals surface area contributed by atoms with E-state index >= 15 is 0 Å². The molecule has 1 aliphatic heterocycles.